The third-order valence-electron chi connectivity index (χ3n) is 4.69. The summed E-state index contributed by atoms with van der Waals surface area (Å²) in [4.78, 5) is 14.7. The molecule has 25 heavy (non-hydrogen) atoms. The van der Waals surface area contributed by atoms with Crippen molar-refractivity contribution in [3.05, 3.63) is 70.2 Å². The molecule has 0 aliphatic carbocycles. The van der Waals surface area contributed by atoms with E-state index >= 15 is 0 Å². The van der Waals surface area contributed by atoms with Crippen molar-refractivity contribution in [3.8, 4) is 0 Å². The van der Waals surface area contributed by atoms with Crippen molar-refractivity contribution in [3.63, 3.8) is 0 Å². The average molecular weight is 357 g/mol. The molecule has 1 amide bonds. The second kappa shape index (κ2) is 9.02. The van der Waals surface area contributed by atoms with Gasteiger partial charge in [-0.25, -0.2) is 0 Å². The van der Waals surface area contributed by atoms with E-state index in [4.69, 9.17) is 11.6 Å². The predicted octanol–water partition coefficient (Wildman–Crippen LogP) is 4.18. The van der Waals surface area contributed by atoms with Gasteiger partial charge >= 0.3 is 0 Å². The lowest BCUT2D eigenvalue weighted by atomic mass is 10.0. The van der Waals surface area contributed by atoms with Gasteiger partial charge in [-0.2, -0.15) is 0 Å². The Morgan fingerprint density at radius 1 is 1.00 bits per heavy atom. The molecule has 4 heteroatoms. The zero-order chi connectivity index (χ0) is 17.5. The minimum atomic E-state index is 0.0232. The molecule has 1 heterocycles. The number of hydrogen-bond acceptors (Lipinski definition) is 2. The molecule has 2 aromatic rings. The van der Waals surface area contributed by atoms with E-state index in [9.17, 15) is 4.79 Å². The van der Waals surface area contributed by atoms with Gasteiger partial charge in [0.25, 0.3) is 0 Å². The van der Waals surface area contributed by atoms with E-state index in [2.05, 4.69) is 28.4 Å². The number of benzene rings is 2. The number of piperidine rings is 1. The molecule has 0 bridgehead atoms. The monoisotopic (exact) mass is 356 g/mol. The van der Waals surface area contributed by atoms with E-state index in [0.717, 1.165) is 12.1 Å². The van der Waals surface area contributed by atoms with Crippen LogP contribution in [-0.2, 0) is 24.3 Å². The van der Waals surface area contributed by atoms with Crippen molar-refractivity contribution in [1.82, 2.24) is 10.2 Å². The Kier molecular flexibility index (Phi) is 6.48. The van der Waals surface area contributed by atoms with Crippen molar-refractivity contribution in [1.29, 1.82) is 0 Å². The topological polar surface area (TPSA) is 32.3 Å². The molecular formula is C21H25ClN2O. The molecule has 1 aliphatic heterocycles. The van der Waals surface area contributed by atoms with Gasteiger partial charge in [0, 0.05) is 18.1 Å². The first kappa shape index (κ1) is 18.0. The highest BCUT2D eigenvalue weighted by Gasteiger charge is 2.13. The van der Waals surface area contributed by atoms with Crippen LogP contribution in [0.15, 0.2) is 48.5 Å². The number of hydrogen-bond donors (Lipinski definition) is 1. The summed E-state index contributed by atoms with van der Waals surface area (Å²) in [6.07, 6.45) is 4.28. The summed E-state index contributed by atoms with van der Waals surface area (Å²) >= 11 is 5.98. The molecule has 0 spiro atoms. The van der Waals surface area contributed by atoms with Crippen LogP contribution in [-0.4, -0.2) is 23.9 Å². The number of carbonyl (C=O) groups is 1. The van der Waals surface area contributed by atoms with Gasteiger partial charge in [0.05, 0.1) is 6.42 Å². The van der Waals surface area contributed by atoms with Gasteiger partial charge < -0.3 is 5.32 Å². The number of nitrogens with zero attached hydrogens (tertiary/aromatic N) is 1. The van der Waals surface area contributed by atoms with Crippen LogP contribution in [0, 0.1) is 0 Å². The minimum absolute atomic E-state index is 0.0232. The summed E-state index contributed by atoms with van der Waals surface area (Å²) in [5.41, 5.74) is 3.45. The summed E-state index contributed by atoms with van der Waals surface area (Å²) in [5.74, 6) is 0.0232. The van der Waals surface area contributed by atoms with E-state index in [-0.39, 0.29) is 5.91 Å². The highest BCUT2D eigenvalue weighted by atomic mass is 35.5. The van der Waals surface area contributed by atoms with Gasteiger partial charge in [-0.15, -0.1) is 0 Å². The Bertz CT molecular complexity index is 711. The second-order valence-electron chi connectivity index (χ2n) is 6.69. The fraction of sp³-hybridized carbons (Fsp3) is 0.381. The van der Waals surface area contributed by atoms with Gasteiger partial charge in [-0.05, 0) is 54.8 Å². The summed E-state index contributed by atoms with van der Waals surface area (Å²) < 4.78 is 0. The minimum Gasteiger partial charge on any atom is -0.352 e. The maximum absolute atomic E-state index is 12.2. The van der Waals surface area contributed by atoms with Crippen LogP contribution in [0.25, 0.3) is 0 Å². The van der Waals surface area contributed by atoms with Crippen molar-refractivity contribution in [2.24, 2.45) is 0 Å². The van der Waals surface area contributed by atoms with Crippen molar-refractivity contribution >= 4 is 17.5 Å². The van der Waals surface area contributed by atoms with Crippen molar-refractivity contribution in [2.75, 3.05) is 13.1 Å². The molecule has 0 saturated carbocycles. The van der Waals surface area contributed by atoms with Crippen molar-refractivity contribution in [2.45, 2.75) is 38.8 Å². The number of carbonyl (C=O) groups excluding carboxylic acids is 1. The Hall–Kier alpha value is -1.84. The van der Waals surface area contributed by atoms with Gasteiger partial charge in [0.1, 0.15) is 0 Å². The Morgan fingerprint density at radius 2 is 1.76 bits per heavy atom. The first-order valence-corrected chi connectivity index (χ1v) is 9.39. The fourth-order valence-electron chi connectivity index (χ4n) is 3.33. The average Bonchev–Trinajstić information content (AvgIpc) is 2.62. The van der Waals surface area contributed by atoms with Gasteiger partial charge in [-0.3, -0.25) is 9.69 Å². The third-order valence-corrected chi connectivity index (χ3v) is 4.93. The van der Waals surface area contributed by atoms with Gasteiger partial charge in [0.15, 0.2) is 0 Å². The summed E-state index contributed by atoms with van der Waals surface area (Å²) in [6, 6.07) is 15.9. The van der Waals surface area contributed by atoms with Crippen LogP contribution in [0.4, 0.5) is 0 Å². The number of rotatable bonds is 6. The smallest absolute Gasteiger partial charge is 0.224 e. The molecule has 1 fully saturated rings. The van der Waals surface area contributed by atoms with Gasteiger partial charge in [0.2, 0.25) is 5.91 Å². The Morgan fingerprint density at radius 3 is 2.52 bits per heavy atom. The highest BCUT2D eigenvalue weighted by molar-refractivity contribution is 6.30. The summed E-state index contributed by atoms with van der Waals surface area (Å²) in [7, 11) is 0. The van der Waals surface area contributed by atoms with E-state index in [1.54, 1.807) is 0 Å². The molecule has 3 nitrogen and oxygen atoms in total. The highest BCUT2D eigenvalue weighted by Crippen LogP contribution is 2.16. The molecule has 2 aromatic carbocycles. The van der Waals surface area contributed by atoms with Crippen LogP contribution in [0.3, 0.4) is 0 Å². The van der Waals surface area contributed by atoms with E-state index in [0.29, 0.717) is 18.0 Å². The molecule has 0 radical (unpaired) electrons. The lowest BCUT2D eigenvalue weighted by molar-refractivity contribution is -0.120. The maximum Gasteiger partial charge on any atom is 0.224 e. The number of halogens is 1. The SMILES string of the molecule is O=C(Cc1cccc(Cl)c1)NCc1ccccc1CN1CCCCC1. The summed E-state index contributed by atoms with van der Waals surface area (Å²) in [6.45, 7) is 3.90. The molecule has 0 atom stereocenters. The fourth-order valence-corrected chi connectivity index (χ4v) is 3.54. The molecular weight excluding hydrogens is 332 g/mol. The summed E-state index contributed by atoms with van der Waals surface area (Å²) in [5, 5.41) is 3.71. The molecule has 3 rings (SSSR count). The molecule has 132 valence electrons. The van der Waals surface area contributed by atoms with E-state index in [1.165, 1.54) is 43.5 Å². The third kappa shape index (κ3) is 5.58. The first-order valence-electron chi connectivity index (χ1n) is 9.01. The second-order valence-corrected chi connectivity index (χ2v) is 7.13. The van der Waals surface area contributed by atoms with Gasteiger partial charge in [-0.1, -0.05) is 54.4 Å². The standard InChI is InChI=1S/C21H25ClN2O/c22-20-10-6-7-17(13-20)14-21(25)23-15-18-8-2-3-9-19(18)16-24-11-4-1-5-12-24/h2-3,6-10,13H,1,4-5,11-12,14-16H2,(H,23,25). The molecule has 0 unspecified atom stereocenters. The first-order chi connectivity index (χ1) is 12.2. The number of amides is 1. The van der Waals surface area contributed by atoms with Crippen LogP contribution < -0.4 is 5.32 Å². The lowest BCUT2D eigenvalue weighted by Crippen LogP contribution is -2.30. The zero-order valence-electron chi connectivity index (χ0n) is 14.5. The molecule has 1 saturated heterocycles. The number of nitrogens with one attached hydrogen (secondary N) is 1. The van der Waals surface area contributed by atoms with E-state index in [1.807, 2.05) is 30.3 Å². The molecule has 1 aliphatic rings. The molecule has 0 aromatic heterocycles. The normalized spacial score (nSPS) is 15.1. The quantitative estimate of drug-likeness (QED) is 0.841. The zero-order valence-corrected chi connectivity index (χ0v) is 15.3. The maximum atomic E-state index is 12.2. The molecule has 1 N–H and O–H groups in total. The number of likely N-dealkylation sites (tertiary alicyclic amines) is 1. The Labute approximate surface area is 155 Å². The lowest BCUT2D eigenvalue weighted by Gasteiger charge is -2.27. The largest absolute Gasteiger partial charge is 0.352 e. The van der Waals surface area contributed by atoms with Crippen LogP contribution >= 0.6 is 11.6 Å². The van der Waals surface area contributed by atoms with Crippen LogP contribution in [0.5, 0.6) is 0 Å². The van der Waals surface area contributed by atoms with E-state index < -0.39 is 0 Å². The van der Waals surface area contributed by atoms with Crippen molar-refractivity contribution < 1.29 is 4.79 Å². The van der Waals surface area contributed by atoms with Crippen LogP contribution in [0.2, 0.25) is 5.02 Å². The Balaban J connectivity index is 1.56. The van der Waals surface area contributed by atoms with Crippen LogP contribution in [0.1, 0.15) is 36.0 Å². The predicted molar refractivity (Wildman–Crippen MR) is 103 cm³/mol.